The number of nitrogens with two attached hydrogens (primary N) is 1. The Bertz CT molecular complexity index is 275. The van der Waals surface area contributed by atoms with Gasteiger partial charge in [-0.25, -0.2) is 0 Å². The minimum absolute atomic E-state index is 0.250. The molecular formula is C9H12N2O. The Hall–Kier alpha value is -1.22. The fourth-order valence-corrected chi connectivity index (χ4v) is 1.29. The molecule has 1 aliphatic heterocycles. The summed E-state index contributed by atoms with van der Waals surface area (Å²) in [5.41, 5.74) is 6.56. The second kappa shape index (κ2) is 3.03. The van der Waals surface area contributed by atoms with Crippen LogP contribution in [-0.2, 0) is 0 Å². The van der Waals surface area contributed by atoms with Crippen molar-refractivity contribution in [2.75, 3.05) is 18.5 Å². The van der Waals surface area contributed by atoms with Crippen LogP contribution in [0.4, 0.5) is 5.69 Å². The van der Waals surface area contributed by atoms with Gasteiger partial charge in [0.15, 0.2) is 0 Å². The molecule has 0 saturated carbocycles. The predicted octanol–water partition coefficient (Wildman–Crippen LogP) is 0.818. The van der Waals surface area contributed by atoms with Gasteiger partial charge in [-0.3, -0.25) is 0 Å². The molecule has 1 atom stereocenters. The maximum atomic E-state index is 5.52. The van der Waals surface area contributed by atoms with E-state index in [1.807, 2.05) is 24.3 Å². The molecule has 0 spiro atoms. The zero-order valence-electron chi connectivity index (χ0n) is 6.79. The lowest BCUT2D eigenvalue weighted by atomic mass is 10.2. The molecular weight excluding hydrogens is 152 g/mol. The molecule has 0 saturated heterocycles. The molecule has 3 nitrogen and oxygen atoms in total. The van der Waals surface area contributed by atoms with E-state index in [-0.39, 0.29) is 6.04 Å². The standard InChI is InChI=1S/C9H12N2O/c10-5-7-6-12-9-4-2-1-3-8(9)11-7/h1-4,7,11H,5-6,10H2. The Morgan fingerprint density at radius 3 is 3.17 bits per heavy atom. The topological polar surface area (TPSA) is 47.3 Å². The average Bonchev–Trinajstić information content (AvgIpc) is 2.17. The van der Waals surface area contributed by atoms with Crippen LogP contribution < -0.4 is 15.8 Å². The van der Waals surface area contributed by atoms with Crippen molar-refractivity contribution < 1.29 is 4.74 Å². The Kier molecular flexibility index (Phi) is 1.87. The van der Waals surface area contributed by atoms with Crippen molar-refractivity contribution in [2.24, 2.45) is 5.73 Å². The number of benzene rings is 1. The number of fused-ring (bicyclic) bond motifs is 1. The fourth-order valence-electron chi connectivity index (χ4n) is 1.29. The summed E-state index contributed by atoms with van der Waals surface area (Å²) >= 11 is 0. The van der Waals surface area contributed by atoms with Gasteiger partial charge in [0.25, 0.3) is 0 Å². The third-order valence-electron chi connectivity index (χ3n) is 1.97. The van der Waals surface area contributed by atoms with Gasteiger partial charge >= 0.3 is 0 Å². The van der Waals surface area contributed by atoms with Gasteiger partial charge in [0.1, 0.15) is 12.4 Å². The highest BCUT2D eigenvalue weighted by molar-refractivity contribution is 5.58. The van der Waals surface area contributed by atoms with Gasteiger partial charge in [-0.1, -0.05) is 12.1 Å². The number of nitrogens with one attached hydrogen (secondary N) is 1. The molecule has 0 radical (unpaired) electrons. The molecule has 2 rings (SSSR count). The van der Waals surface area contributed by atoms with Crippen LogP contribution in [0.2, 0.25) is 0 Å². The maximum Gasteiger partial charge on any atom is 0.142 e. The van der Waals surface area contributed by atoms with E-state index in [9.17, 15) is 0 Å². The molecule has 0 aromatic heterocycles. The molecule has 0 amide bonds. The highest BCUT2D eigenvalue weighted by Crippen LogP contribution is 2.27. The van der Waals surface area contributed by atoms with Gasteiger partial charge in [-0.05, 0) is 12.1 Å². The fraction of sp³-hybridized carbons (Fsp3) is 0.333. The first-order valence-corrected chi connectivity index (χ1v) is 4.08. The molecule has 1 aromatic carbocycles. The van der Waals surface area contributed by atoms with Gasteiger partial charge < -0.3 is 15.8 Å². The van der Waals surface area contributed by atoms with Gasteiger partial charge in [-0.15, -0.1) is 0 Å². The quantitative estimate of drug-likeness (QED) is 0.646. The summed E-state index contributed by atoms with van der Waals surface area (Å²) in [4.78, 5) is 0. The Balaban J connectivity index is 2.23. The summed E-state index contributed by atoms with van der Waals surface area (Å²) in [6.45, 7) is 1.27. The zero-order chi connectivity index (χ0) is 8.39. The second-order valence-corrected chi connectivity index (χ2v) is 2.88. The molecule has 0 bridgehead atoms. The van der Waals surface area contributed by atoms with Crippen molar-refractivity contribution in [1.29, 1.82) is 0 Å². The lowest BCUT2D eigenvalue weighted by Crippen LogP contribution is -2.37. The lowest BCUT2D eigenvalue weighted by Gasteiger charge is -2.26. The van der Waals surface area contributed by atoms with E-state index in [0.717, 1.165) is 11.4 Å². The second-order valence-electron chi connectivity index (χ2n) is 2.88. The van der Waals surface area contributed by atoms with Gasteiger partial charge in [0, 0.05) is 6.54 Å². The van der Waals surface area contributed by atoms with Crippen molar-refractivity contribution in [3.05, 3.63) is 24.3 Å². The molecule has 3 heteroatoms. The highest BCUT2D eigenvalue weighted by Gasteiger charge is 2.15. The summed E-state index contributed by atoms with van der Waals surface area (Å²) in [6.07, 6.45) is 0. The summed E-state index contributed by atoms with van der Waals surface area (Å²) < 4.78 is 5.48. The Morgan fingerprint density at radius 1 is 1.50 bits per heavy atom. The van der Waals surface area contributed by atoms with Crippen molar-refractivity contribution in [3.63, 3.8) is 0 Å². The van der Waals surface area contributed by atoms with Crippen LogP contribution >= 0.6 is 0 Å². The van der Waals surface area contributed by atoms with E-state index in [1.54, 1.807) is 0 Å². The Morgan fingerprint density at radius 2 is 2.33 bits per heavy atom. The zero-order valence-corrected chi connectivity index (χ0v) is 6.79. The van der Waals surface area contributed by atoms with E-state index in [4.69, 9.17) is 10.5 Å². The molecule has 64 valence electrons. The lowest BCUT2D eigenvalue weighted by molar-refractivity contribution is 0.287. The van der Waals surface area contributed by atoms with Crippen LogP contribution in [0, 0.1) is 0 Å². The molecule has 3 N–H and O–H groups in total. The van der Waals surface area contributed by atoms with E-state index in [2.05, 4.69) is 5.32 Å². The van der Waals surface area contributed by atoms with E-state index in [0.29, 0.717) is 13.2 Å². The maximum absolute atomic E-state index is 5.52. The summed E-state index contributed by atoms with van der Waals surface area (Å²) in [6, 6.07) is 8.14. The number of anilines is 1. The first-order valence-electron chi connectivity index (χ1n) is 4.08. The number of hydrogen-bond acceptors (Lipinski definition) is 3. The molecule has 1 unspecified atom stereocenters. The molecule has 0 aliphatic carbocycles. The number of hydrogen-bond donors (Lipinski definition) is 2. The van der Waals surface area contributed by atoms with Crippen LogP contribution in [0.15, 0.2) is 24.3 Å². The molecule has 1 aliphatic rings. The average molecular weight is 164 g/mol. The van der Waals surface area contributed by atoms with Crippen LogP contribution in [0.1, 0.15) is 0 Å². The highest BCUT2D eigenvalue weighted by atomic mass is 16.5. The summed E-state index contributed by atoms with van der Waals surface area (Å²) in [5, 5.41) is 3.30. The smallest absolute Gasteiger partial charge is 0.142 e. The monoisotopic (exact) mass is 164 g/mol. The number of para-hydroxylation sites is 2. The third-order valence-corrected chi connectivity index (χ3v) is 1.97. The van der Waals surface area contributed by atoms with Crippen LogP contribution in [0.25, 0.3) is 0 Å². The summed E-state index contributed by atoms with van der Waals surface area (Å²) in [5.74, 6) is 0.919. The van der Waals surface area contributed by atoms with Crippen molar-refractivity contribution in [2.45, 2.75) is 6.04 Å². The van der Waals surface area contributed by atoms with E-state index < -0.39 is 0 Å². The number of rotatable bonds is 1. The minimum atomic E-state index is 0.250. The molecule has 1 heterocycles. The molecule has 12 heavy (non-hydrogen) atoms. The van der Waals surface area contributed by atoms with E-state index >= 15 is 0 Å². The van der Waals surface area contributed by atoms with Crippen LogP contribution in [0.5, 0.6) is 5.75 Å². The SMILES string of the molecule is NCC1COc2ccccc2N1. The normalized spacial score (nSPS) is 20.6. The Labute approximate surface area is 71.5 Å². The van der Waals surface area contributed by atoms with E-state index in [1.165, 1.54) is 0 Å². The number of ether oxygens (including phenoxy) is 1. The third kappa shape index (κ3) is 1.23. The van der Waals surface area contributed by atoms with Gasteiger partial charge in [0.05, 0.1) is 11.7 Å². The molecule has 0 fully saturated rings. The summed E-state index contributed by atoms with van der Waals surface area (Å²) in [7, 11) is 0. The predicted molar refractivity (Wildman–Crippen MR) is 48.4 cm³/mol. The van der Waals surface area contributed by atoms with Crippen LogP contribution in [-0.4, -0.2) is 19.2 Å². The van der Waals surface area contributed by atoms with Gasteiger partial charge in [0.2, 0.25) is 0 Å². The molecule has 1 aromatic rings. The van der Waals surface area contributed by atoms with Gasteiger partial charge in [-0.2, -0.15) is 0 Å². The first kappa shape index (κ1) is 7.43. The largest absolute Gasteiger partial charge is 0.489 e. The van der Waals surface area contributed by atoms with Crippen molar-refractivity contribution >= 4 is 5.69 Å². The van der Waals surface area contributed by atoms with Crippen molar-refractivity contribution in [1.82, 2.24) is 0 Å². The van der Waals surface area contributed by atoms with Crippen LogP contribution in [0.3, 0.4) is 0 Å². The van der Waals surface area contributed by atoms with Crippen molar-refractivity contribution in [3.8, 4) is 5.75 Å². The first-order chi connectivity index (χ1) is 5.90. The minimum Gasteiger partial charge on any atom is -0.489 e.